The van der Waals surface area contributed by atoms with Crippen molar-refractivity contribution in [2.45, 2.75) is 32.7 Å². The molecule has 0 aliphatic rings. The van der Waals surface area contributed by atoms with Crippen molar-refractivity contribution >= 4 is 17.3 Å². The number of nitrogens with zero attached hydrogens (tertiary/aromatic N) is 1. The van der Waals surface area contributed by atoms with Crippen LogP contribution in [-0.4, -0.2) is 24.2 Å². The van der Waals surface area contributed by atoms with Crippen LogP contribution in [0.4, 0.5) is 11.4 Å². The first-order valence-corrected chi connectivity index (χ1v) is 5.86. The Balaban J connectivity index is 3.06. The average molecular weight is 236 g/mol. The summed E-state index contributed by atoms with van der Waals surface area (Å²) in [5, 5.41) is 9.03. The number of hydrogen-bond donors (Lipinski definition) is 2. The molecule has 0 heterocycles. The molecule has 0 radical (unpaired) electrons. The van der Waals surface area contributed by atoms with E-state index in [0.29, 0.717) is 11.7 Å². The molecule has 4 heteroatoms. The highest BCUT2D eigenvalue weighted by atomic mass is 16.4. The highest BCUT2D eigenvalue weighted by molar-refractivity contribution is 5.94. The van der Waals surface area contributed by atoms with Gasteiger partial charge in [-0.1, -0.05) is 13.8 Å². The molecule has 17 heavy (non-hydrogen) atoms. The number of carboxylic acids is 1. The Hall–Kier alpha value is -1.71. The van der Waals surface area contributed by atoms with Crippen LogP contribution in [0.5, 0.6) is 0 Å². The normalized spacial score (nSPS) is 10.6. The molecule has 0 unspecified atom stereocenters. The van der Waals surface area contributed by atoms with Gasteiger partial charge in [-0.15, -0.1) is 0 Å². The summed E-state index contributed by atoms with van der Waals surface area (Å²) in [7, 11) is 1.98. The van der Waals surface area contributed by atoms with Gasteiger partial charge in [0.2, 0.25) is 0 Å². The number of anilines is 2. The minimum Gasteiger partial charge on any atom is -0.478 e. The maximum atomic E-state index is 11.0. The second kappa shape index (κ2) is 5.57. The van der Waals surface area contributed by atoms with Crippen molar-refractivity contribution in [2.75, 3.05) is 17.7 Å². The number of nitrogen functional groups attached to an aromatic ring is 1. The summed E-state index contributed by atoms with van der Waals surface area (Å²) in [5.41, 5.74) is 7.00. The van der Waals surface area contributed by atoms with E-state index in [1.165, 1.54) is 0 Å². The fraction of sp³-hybridized carbons (Fsp3) is 0.462. The first-order valence-electron chi connectivity index (χ1n) is 5.86. The van der Waals surface area contributed by atoms with Crippen molar-refractivity contribution in [1.82, 2.24) is 0 Å². The van der Waals surface area contributed by atoms with E-state index in [1.807, 2.05) is 13.1 Å². The lowest BCUT2D eigenvalue weighted by molar-refractivity contribution is 0.0698. The summed E-state index contributed by atoms with van der Waals surface area (Å²) in [6, 6.07) is 5.56. The van der Waals surface area contributed by atoms with Gasteiger partial charge < -0.3 is 15.7 Å². The van der Waals surface area contributed by atoms with Crippen LogP contribution in [0.15, 0.2) is 18.2 Å². The lowest BCUT2D eigenvalue weighted by Gasteiger charge is -2.28. The van der Waals surface area contributed by atoms with E-state index in [4.69, 9.17) is 10.8 Å². The fourth-order valence-corrected chi connectivity index (χ4v) is 2.00. The summed E-state index contributed by atoms with van der Waals surface area (Å²) in [6.07, 6.45) is 2.06. The van der Waals surface area contributed by atoms with Gasteiger partial charge >= 0.3 is 5.97 Å². The molecule has 94 valence electrons. The van der Waals surface area contributed by atoms with Gasteiger partial charge in [-0.05, 0) is 31.0 Å². The van der Waals surface area contributed by atoms with Crippen LogP contribution >= 0.6 is 0 Å². The zero-order chi connectivity index (χ0) is 13.0. The summed E-state index contributed by atoms with van der Waals surface area (Å²) in [4.78, 5) is 13.1. The predicted octanol–water partition coefficient (Wildman–Crippen LogP) is 2.59. The van der Waals surface area contributed by atoms with Crippen LogP contribution in [0.2, 0.25) is 0 Å². The maximum Gasteiger partial charge on any atom is 0.337 e. The summed E-state index contributed by atoms with van der Waals surface area (Å²) in [5.74, 6) is -0.984. The van der Waals surface area contributed by atoms with E-state index in [1.54, 1.807) is 12.1 Å². The van der Waals surface area contributed by atoms with Crippen molar-refractivity contribution in [3.63, 3.8) is 0 Å². The van der Waals surface area contributed by atoms with E-state index in [2.05, 4.69) is 18.7 Å². The van der Waals surface area contributed by atoms with E-state index in [9.17, 15) is 4.79 Å². The minimum atomic E-state index is -0.984. The van der Waals surface area contributed by atoms with Crippen LogP contribution in [0, 0.1) is 0 Å². The monoisotopic (exact) mass is 236 g/mol. The van der Waals surface area contributed by atoms with Crippen molar-refractivity contribution in [3.8, 4) is 0 Å². The van der Waals surface area contributed by atoms with Gasteiger partial charge in [-0.25, -0.2) is 4.79 Å². The number of hydrogen-bond acceptors (Lipinski definition) is 3. The highest BCUT2D eigenvalue weighted by Gasteiger charge is 2.14. The van der Waals surface area contributed by atoms with Crippen molar-refractivity contribution in [3.05, 3.63) is 23.8 Å². The molecule has 0 amide bonds. The van der Waals surface area contributed by atoms with Gasteiger partial charge in [0.15, 0.2) is 0 Å². The Morgan fingerprint density at radius 2 is 2.00 bits per heavy atom. The van der Waals surface area contributed by atoms with Crippen molar-refractivity contribution < 1.29 is 9.90 Å². The summed E-state index contributed by atoms with van der Waals surface area (Å²) >= 11 is 0. The molecule has 1 aromatic rings. The maximum absolute atomic E-state index is 11.0. The van der Waals surface area contributed by atoms with E-state index < -0.39 is 5.97 Å². The Morgan fingerprint density at radius 1 is 1.41 bits per heavy atom. The number of aromatic carboxylic acids is 1. The average Bonchev–Trinajstić information content (AvgIpc) is 2.30. The van der Waals surface area contributed by atoms with Gasteiger partial charge in [-0.2, -0.15) is 0 Å². The molecule has 0 saturated heterocycles. The zero-order valence-electron chi connectivity index (χ0n) is 10.6. The second-order valence-electron chi connectivity index (χ2n) is 4.16. The van der Waals surface area contributed by atoms with E-state index in [-0.39, 0.29) is 5.56 Å². The van der Waals surface area contributed by atoms with Crippen LogP contribution in [0.3, 0.4) is 0 Å². The third kappa shape index (κ3) is 2.90. The molecule has 0 saturated carbocycles. The first kappa shape index (κ1) is 13.4. The van der Waals surface area contributed by atoms with Gasteiger partial charge in [0.1, 0.15) is 0 Å². The molecular weight excluding hydrogens is 216 g/mol. The van der Waals surface area contributed by atoms with Gasteiger partial charge in [0, 0.05) is 24.5 Å². The van der Waals surface area contributed by atoms with Crippen molar-refractivity contribution in [1.29, 1.82) is 0 Å². The smallest absolute Gasteiger partial charge is 0.337 e. The van der Waals surface area contributed by atoms with Gasteiger partial charge in [-0.3, -0.25) is 0 Å². The SMILES string of the molecule is CCC(CC)N(C)c1ccc(N)c(C(=O)O)c1. The van der Waals surface area contributed by atoms with Crippen LogP contribution in [0.1, 0.15) is 37.0 Å². The Labute approximate surface area is 102 Å². The quantitative estimate of drug-likeness (QED) is 0.771. The van der Waals surface area contributed by atoms with Gasteiger partial charge in [0.25, 0.3) is 0 Å². The molecule has 1 rings (SSSR count). The van der Waals surface area contributed by atoms with Crippen LogP contribution in [0.25, 0.3) is 0 Å². The highest BCUT2D eigenvalue weighted by Crippen LogP contribution is 2.23. The number of rotatable bonds is 5. The molecule has 0 spiro atoms. The topological polar surface area (TPSA) is 66.6 Å². The summed E-state index contributed by atoms with van der Waals surface area (Å²) < 4.78 is 0. The standard InChI is InChI=1S/C13H20N2O2/c1-4-9(5-2)15(3)10-6-7-12(14)11(8-10)13(16)17/h6-9H,4-5,14H2,1-3H3,(H,16,17). The third-order valence-electron chi connectivity index (χ3n) is 3.16. The molecular formula is C13H20N2O2. The largest absolute Gasteiger partial charge is 0.478 e. The molecule has 0 aliphatic carbocycles. The van der Waals surface area contributed by atoms with Crippen LogP contribution in [-0.2, 0) is 0 Å². The Bertz CT molecular complexity index is 400. The second-order valence-corrected chi connectivity index (χ2v) is 4.16. The van der Waals surface area contributed by atoms with E-state index in [0.717, 1.165) is 18.5 Å². The lowest BCUT2D eigenvalue weighted by atomic mass is 10.1. The van der Waals surface area contributed by atoms with E-state index >= 15 is 0 Å². The molecule has 0 aromatic heterocycles. The van der Waals surface area contributed by atoms with Crippen LogP contribution < -0.4 is 10.6 Å². The lowest BCUT2D eigenvalue weighted by Crippen LogP contribution is -2.30. The third-order valence-corrected chi connectivity index (χ3v) is 3.16. The van der Waals surface area contributed by atoms with Crippen molar-refractivity contribution in [2.24, 2.45) is 0 Å². The first-order chi connectivity index (χ1) is 8.01. The molecule has 3 N–H and O–H groups in total. The number of carbonyl (C=O) groups is 1. The molecule has 0 fully saturated rings. The number of nitrogens with two attached hydrogens (primary N) is 1. The molecule has 0 atom stereocenters. The fourth-order valence-electron chi connectivity index (χ4n) is 2.00. The number of benzene rings is 1. The molecule has 1 aromatic carbocycles. The molecule has 0 bridgehead atoms. The summed E-state index contributed by atoms with van der Waals surface area (Å²) in [6.45, 7) is 4.25. The Kier molecular flexibility index (Phi) is 4.37. The Morgan fingerprint density at radius 3 is 2.47 bits per heavy atom. The number of carboxylic acid groups (broad SMARTS) is 1. The van der Waals surface area contributed by atoms with Gasteiger partial charge in [0.05, 0.1) is 5.56 Å². The molecule has 4 nitrogen and oxygen atoms in total. The minimum absolute atomic E-state index is 0.167. The predicted molar refractivity (Wildman–Crippen MR) is 70.6 cm³/mol. The zero-order valence-corrected chi connectivity index (χ0v) is 10.6. The molecule has 0 aliphatic heterocycles.